The van der Waals surface area contributed by atoms with Crippen LogP contribution in [0.5, 0.6) is 0 Å². The van der Waals surface area contributed by atoms with Gasteiger partial charge in [-0.15, -0.1) is 0 Å². The molecule has 0 radical (unpaired) electrons. The Kier molecular flexibility index (Phi) is 5.98. The predicted octanol–water partition coefficient (Wildman–Crippen LogP) is 1.20. The third-order valence-electron chi connectivity index (χ3n) is 3.12. The zero-order valence-electron chi connectivity index (χ0n) is 12.2. The lowest BCUT2D eigenvalue weighted by molar-refractivity contribution is -0.0819. The number of anilines is 1. The van der Waals surface area contributed by atoms with E-state index in [1.807, 2.05) is 6.92 Å². The maximum atomic E-state index is 12.3. The topological polar surface area (TPSA) is 76.7 Å². The molecule has 0 aromatic heterocycles. The average molecular weight is 314 g/mol. The highest BCUT2D eigenvalue weighted by atomic mass is 32.2. The van der Waals surface area contributed by atoms with E-state index in [4.69, 9.17) is 9.47 Å². The third kappa shape index (κ3) is 4.67. The van der Waals surface area contributed by atoms with Gasteiger partial charge in [-0.25, -0.2) is 13.1 Å². The lowest BCUT2D eigenvalue weighted by Gasteiger charge is -2.24. The Morgan fingerprint density at radius 3 is 2.81 bits per heavy atom. The number of ether oxygens (including phenoxy) is 2. The summed E-state index contributed by atoms with van der Waals surface area (Å²) < 4.78 is 38.0. The molecule has 0 spiro atoms. The largest absolute Gasteiger partial charge is 0.381 e. The van der Waals surface area contributed by atoms with E-state index in [0.29, 0.717) is 38.6 Å². The molecule has 1 aliphatic rings. The van der Waals surface area contributed by atoms with Crippen LogP contribution in [0.25, 0.3) is 0 Å². The predicted molar refractivity (Wildman–Crippen MR) is 81.0 cm³/mol. The molecule has 1 fully saturated rings. The van der Waals surface area contributed by atoms with Crippen LogP contribution in [0.3, 0.4) is 0 Å². The summed E-state index contributed by atoms with van der Waals surface area (Å²) in [4.78, 5) is 0.259. The Morgan fingerprint density at radius 2 is 2.10 bits per heavy atom. The standard InChI is InChI=1S/C14H22N2O4S/c1-2-7-16-21(17,18)14-6-4-3-5-13(14)15-10-12-11-19-8-9-20-12/h3-6,12,15-16H,2,7-11H2,1H3. The van der Waals surface area contributed by atoms with E-state index in [2.05, 4.69) is 10.0 Å². The Labute approximate surface area is 125 Å². The summed E-state index contributed by atoms with van der Waals surface area (Å²) in [6.45, 7) is 4.58. The van der Waals surface area contributed by atoms with Crippen LogP contribution in [-0.4, -0.2) is 47.4 Å². The number of hydrogen-bond donors (Lipinski definition) is 2. The van der Waals surface area contributed by atoms with Gasteiger partial charge in [-0.1, -0.05) is 19.1 Å². The number of sulfonamides is 1. The quantitative estimate of drug-likeness (QED) is 0.791. The van der Waals surface area contributed by atoms with Gasteiger partial charge in [0, 0.05) is 13.1 Å². The zero-order valence-corrected chi connectivity index (χ0v) is 13.0. The van der Waals surface area contributed by atoms with Crippen molar-refractivity contribution in [1.82, 2.24) is 4.72 Å². The summed E-state index contributed by atoms with van der Waals surface area (Å²) in [6, 6.07) is 6.87. The van der Waals surface area contributed by atoms with Crippen molar-refractivity contribution in [3.05, 3.63) is 24.3 Å². The molecule has 1 atom stereocenters. The van der Waals surface area contributed by atoms with Crippen LogP contribution in [-0.2, 0) is 19.5 Å². The molecule has 0 bridgehead atoms. The molecule has 1 aromatic carbocycles. The van der Waals surface area contributed by atoms with Gasteiger partial charge in [-0.05, 0) is 18.6 Å². The molecule has 0 aliphatic carbocycles. The number of benzene rings is 1. The first-order chi connectivity index (χ1) is 10.1. The fourth-order valence-corrected chi connectivity index (χ4v) is 3.36. The van der Waals surface area contributed by atoms with Crippen molar-refractivity contribution in [2.75, 3.05) is 38.2 Å². The van der Waals surface area contributed by atoms with Crippen molar-refractivity contribution in [2.24, 2.45) is 0 Å². The SMILES string of the molecule is CCCNS(=O)(=O)c1ccccc1NCC1COCCO1. The lowest BCUT2D eigenvalue weighted by Crippen LogP contribution is -2.34. The zero-order chi connectivity index (χ0) is 15.1. The second-order valence-electron chi connectivity index (χ2n) is 4.84. The van der Waals surface area contributed by atoms with Crippen molar-refractivity contribution >= 4 is 15.7 Å². The maximum Gasteiger partial charge on any atom is 0.242 e. The summed E-state index contributed by atoms with van der Waals surface area (Å²) in [5.41, 5.74) is 0.579. The minimum Gasteiger partial charge on any atom is -0.381 e. The van der Waals surface area contributed by atoms with Crippen LogP contribution < -0.4 is 10.0 Å². The first-order valence-corrected chi connectivity index (χ1v) is 8.63. The van der Waals surface area contributed by atoms with Crippen molar-refractivity contribution in [1.29, 1.82) is 0 Å². The Bertz CT molecular complexity index is 542. The molecule has 2 N–H and O–H groups in total. The van der Waals surface area contributed by atoms with E-state index in [9.17, 15) is 8.42 Å². The van der Waals surface area contributed by atoms with Gasteiger partial charge in [-0.3, -0.25) is 0 Å². The second-order valence-corrected chi connectivity index (χ2v) is 6.58. The fraction of sp³-hybridized carbons (Fsp3) is 0.571. The lowest BCUT2D eigenvalue weighted by atomic mass is 10.3. The number of para-hydroxylation sites is 1. The molecule has 0 amide bonds. The number of rotatable bonds is 7. The van der Waals surface area contributed by atoms with Gasteiger partial charge in [0.2, 0.25) is 10.0 Å². The molecular weight excluding hydrogens is 292 g/mol. The third-order valence-corrected chi connectivity index (χ3v) is 4.64. The van der Waals surface area contributed by atoms with Gasteiger partial charge in [0.1, 0.15) is 4.90 Å². The summed E-state index contributed by atoms with van der Waals surface area (Å²) >= 11 is 0. The minimum atomic E-state index is -3.49. The van der Waals surface area contributed by atoms with Crippen molar-refractivity contribution in [2.45, 2.75) is 24.3 Å². The van der Waals surface area contributed by atoms with Gasteiger partial charge in [0.25, 0.3) is 0 Å². The molecule has 1 aromatic rings. The smallest absolute Gasteiger partial charge is 0.242 e. The van der Waals surface area contributed by atoms with E-state index >= 15 is 0 Å². The molecule has 0 saturated carbocycles. The maximum absolute atomic E-state index is 12.3. The van der Waals surface area contributed by atoms with Crippen LogP contribution in [0.2, 0.25) is 0 Å². The Balaban J connectivity index is 2.05. The molecule has 1 aliphatic heterocycles. The van der Waals surface area contributed by atoms with Crippen molar-refractivity contribution < 1.29 is 17.9 Å². The molecule has 6 nitrogen and oxygen atoms in total. The van der Waals surface area contributed by atoms with Crippen LogP contribution in [0.15, 0.2) is 29.2 Å². The highest BCUT2D eigenvalue weighted by molar-refractivity contribution is 7.89. The van der Waals surface area contributed by atoms with E-state index in [1.165, 1.54) is 0 Å². The van der Waals surface area contributed by atoms with Crippen molar-refractivity contribution in [3.8, 4) is 0 Å². The van der Waals surface area contributed by atoms with Gasteiger partial charge in [0.05, 0.1) is 31.6 Å². The normalized spacial score (nSPS) is 19.4. The summed E-state index contributed by atoms with van der Waals surface area (Å²) in [7, 11) is -3.49. The first kappa shape index (κ1) is 16.2. The van der Waals surface area contributed by atoms with Gasteiger partial charge >= 0.3 is 0 Å². The monoisotopic (exact) mass is 314 g/mol. The molecule has 2 rings (SSSR count). The van der Waals surface area contributed by atoms with Crippen LogP contribution in [0.4, 0.5) is 5.69 Å². The molecule has 1 heterocycles. The Hall–Kier alpha value is -1.15. The second kappa shape index (κ2) is 7.74. The molecule has 1 saturated heterocycles. The van der Waals surface area contributed by atoms with E-state index in [-0.39, 0.29) is 11.0 Å². The molecular formula is C14H22N2O4S. The van der Waals surface area contributed by atoms with Crippen LogP contribution in [0, 0.1) is 0 Å². The van der Waals surface area contributed by atoms with Crippen LogP contribution in [0.1, 0.15) is 13.3 Å². The summed E-state index contributed by atoms with van der Waals surface area (Å²) in [6.07, 6.45) is 0.695. The first-order valence-electron chi connectivity index (χ1n) is 7.15. The fourth-order valence-electron chi connectivity index (χ4n) is 2.04. The molecule has 1 unspecified atom stereocenters. The Morgan fingerprint density at radius 1 is 1.29 bits per heavy atom. The average Bonchev–Trinajstić information content (AvgIpc) is 2.52. The number of hydrogen-bond acceptors (Lipinski definition) is 5. The summed E-state index contributed by atoms with van der Waals surface area (Å²) in [5, 5.41) is 3.14. The number of nitrogens with one attached hydrogen (secondary N) is 2. The van der Waals surface area contributed by atoms with E-state index < -0.39 is 10.0 Å². The van der Waals surface area contributed by atoms with Crippen LogP contribution >= 0.6 is 0 Å². The molecule has 118 valence electrons. The van der Waals surface area contributed by atoms with Gasteiger partial charge < -0.3 is 14.8 Å². The molecule has 7 heteroatoms. The highest BCUT2D eigenvalue weighted by Crippen LogP contribution is 2.20. The summed E-state index contributed by atoms with van der Waals surface area (Å²) in [5.74, 6) is 0. The van der Waals surface area contributed by atoms with E-state index in [1.54, 1.807) is 24.3 Å². The minimum absolute atomic E-state index is 0.0573. The van der Waals surface area contributed by atoms with Crippen molar-refractivity contribution in [3.63, 3.8) is 0 Å². The highest BCUT2D eigenvalue weighted by Gasteiger charge is 2.19. The van der Waals surface area contributed by atoms with Gasteiger partial charge in [-0.2, -0.15) is 0 Å². The van der Waals surface area contributed by atoms with Gasteiger partial charge in [0.15, 0.2) is 0 Å². The molecule has 21 heavy (non-hydrogen) atoms. The van der Waals surface area contributed by atoms with E-state index in [0.717, 1.165) is 6.42 Å².